The van der Waals surface area contributed by atoms with Gasteiger partial charge in [0.05, 0.1) is 5.52 Å². The number of aromatic nitrogens is 2. The zero-order chi connectivity index (χ0) is 19.0. The first-order valence-corrected chi connectivity index (χ1v) is 8.02. The number of benzene rings is 3. The van der Waals surface area contributed by atoms with Crippen molar-refractivity contribution in [2.75, 3.05) is 0 Å². The van der Waals surface area contributed by atoms with Gasteiger partial charge in [0, 0.05) is 34.7 Å². The molecule has 7 heteroatoms. The number of carbonyl (C=O) groups is 1. The maximum Gasteiger partial charge on any atom is 0.249 e. The highest BCUT2D eigenvalue weighted by Crippen LogP contribution is 2.33. The molecular weight excluding hydrogens is 352 g/mol. The molecule has 0 saturated heterocycles. The van der Waals surface area contributed by atoms with Crippen molar-refractivity contribution >= 4 is 16.8 Å². The Hall–Kier alpha value is -3.74. The third-order valence-electron chi connectivity index (χ3n) is 4.05. The Balaban J connectivity index is 1.79. The first kappa shape index (κ1) is 16.7. The number of primary amides is 1. The number of H-pyrrole nitrogens is 1. The minimum Gasteiger partial charge on any atom is -0.457 e. The van der Waals surface area contributed by atoms with E-state index in [1.54, 1.807) is 42.5 Å². The van der Waals surface area contributed by atoms with Gasteiger partial charge in [-0.25, -0.2) is 8.78 Å². The maximum atomic E-state index is 13.4. The lowest BCUT2D eigenvalue weighted by Crippen LogP contribution is -2.12. The molecule has 1 heterocycles. The summed E-state index contributed by atoms with van der Waals surface area (Å²) in [6.45, 7) is 0. The second-order valence-electron chi connectivity index (χ2n) is 5.90. The van der Waals surface area contributed by atoms with Gasteiger partial charge in [0.1, 0.15) is 28.8 Å². The molecule has 134 valence electrons. The van der Waals surface area contributed by atoms with Crippen molar-refractivity contribution in [3.05, 3.63) is 77.9 Å². The summed E-state index contributed by atoms with van der Waals surface area (Å²) in [6.07, 6.45) is 0. The molecule has 0 spiro atoms. The average Bonchev–Trinajstić information content (AvgIpc) is 3.04. The normalized spacial score (nSPS) is 10.9. The number of halogens is 2. The Morgan fingerprint density at radius 2 is 1.70 bits per heavy atom. The third kappa shape index (κ3) is 3.22. The van der Waals surface area contributed by atoms with Crippen LogP contribution in [-0.2, 0) is 0 Å². The standard InChI is InChI=1S/C20H13F2N3O2/c21-11-7-12(22)9-14(8-11)27-13-5-6-18-17(10-13)19(25-24-18)15-3-1-2-4-16(15)20(23)26/h1-10H,(H2,23,26)(H,24,25). The molecule has 0 bridgehead atoms. The molecule has 0 aliphatic heterocycles. The van der Waals surface area contributed by atoms with E-state index in [9.17, 15) is 13.6 Å². The third-order valence-corrected chi connectivity index (χ3v) is 4.05. The Labute approximate surface area is 152 Å². The zero-order valence-corrected chi connectivity index (χ0v) is 13.9. The number of carbonyl (C=O) groups excluding carboxylic acids is 1. The molecule has 0 atom stereocenters. The molecule has 1 aromatic heterocycles. The summed E-state index contributed by atoms with van der Waals surface area (Å²) in [6, 6.07) is 14.8. The van der Waals surface area contributed by atoms with E-state index < -0.39 is 17.5 Å². The molecule has 27 heavy (non-hydrogen) atoms. The van der Waals surface area contributed by atoms with Crippen LogP contribution in [0.3, 0.4) is 0 Å². The molecule has 0 aliphatic rings. The number of nitrogens with two attached hydrogens (primary N) is 1. The van der Waals surface area contributed by atoms with Gasteiger partial charge in [0.2, 0.25) is 5.91 Å². The minimum atomic E-state index is -0.731. The van der Waals surface area contributed by atoms with Gasteiger partial charge in [-0.1, -0.05) is 18.2 Å². The summed E-state index contributed by atoms with van der Waals surface area (Å²) in [4.78, 5) is 11.7. The van der Waals surface area contributed by atoms with Crippen molar-refractivity contribution in [2.45, 2.75) is 0 Å². The average molecular weight is 365 g/mol. The number of amides is 1. The van der Waals surface area contributed by atoms with Gasteiger partial charge < -0.3 is 10.5 Å². The molecule has 0 unspecified atom stereocenters. The molecule has 3 aromatic carbocycles. The second kappa shape index (κ2) is 6.53. The van der Waals surface area contributed by atoms with E-state index >= 15 is 0 Å². The van der Waals surface area contributed by atoms with Gasteiger partial charge >= 0.3 is 0 Å². The molecule has 0 aliphatic carbocycles. The Kier molecular flexibility index (Phi) is 4.04. The van der Waals surface area contributed by atoms with Crippen LogP contribution in [0.4, 0.5) is 8.78 Å². The summed E-state index contributed by atoms with van der Waals surface area (Å²) in [5.74, 6) is -1.62. The fourth-order valence-electron chi connectivity index (χ4n) is 2.89. The monoisotopic (exact) mass is 365 g/mol. The summed E-state index contributed by atoms with van der Waals surface area (Å²) in [5.41, 5.74) is 7.60. The fourth-order valence-corrected chi connectivity index (χ4v) is 2.89. The number of nitrogens with one attached hydrogen (secondary N) is 1. The number of nitrogens with zero attached hydrogens (tertiary/aromatic N) is 1. The number of hydrogen-bond acceptors (Lipinski definition) is 3. The number of ether oxygens (including phenoxy) is 1. The topological polar surface area (TPSA) is 81.0 Å². The molecule has 3 N–H and O–H groups in total. The lowest BCUT2D eigenvalue weighted by atomic mass is 10.0. The highest BCUT2D eigenvalue weighted by Gasteiger charge is 2.15. The molecule has 1 amide bonds. The van der Waals surface area contributed by atoms with E-state index in [1.807, 2.05) is 0 Å². The summed E-state index contributed by atoms with van der Waals surface area (Å²) >= 11 is 0. The molecule has 0 radical (unpaired) electrons. The first-order valence-electron chi connectivity index (χ1n) is 8.02. The van der Waals surface area contributed by atoms with Crippen LogP contribution in [0.2, 0.25) is 0 Å². The van der Waals surface area contributed by atoms with Crippen LogP contribution in [0.5, 0.6) is 11.5 Å². The summed E-state index contributed by atoms with van der Waals surface area (Å²) < 4.78 is 32.3. The number of fused-ring (bicyclic) bond motifs is 1. The van der Waals surface area contributed by atoms with E-state index in [4.69, 9.17) is 10.5 Å². The van der Waals surface area contributed by atoms with E-state index in [-0.39, 0.29) is 5.75 Å². The Bertz CT molecular complexity index is 1150. The van der Waals surface area contributed by atoms with E-state index in [2.05, 4.69) is 10.2 Å². The van der Waals surface area contributed by atoms with Crippen LogP contribution < -0.4 is 10.5 Å². The van der Waals surface area contributed by atoms with Crippen LogP contribution in [0, 0.1) is 11.6 Å². The molecule has 0 saturated carbocycles. The van der Waals surface area contributed by atoms with Crippen molar-refractivity contribution in [1.82, 2.24) is 10.2 Å². The highest BCUT2D eigenvalue weighted by atomic mass is 19.1. The van der Waals surface area contributed by atoms with E-state index in [1.165, 1.54) is 0 Å². The van der Waals surface area contributed by atoms with E-state index in [0.29, 0.717) is 33.5 Å². The van der Waals surface area contributed by atoms with Crippen LogP contribution in [-0.4, -0.2) is 16.1 Å². The van der Waals surface area contributed by atoms with Gasteiger partial charge in [0.25, 0.3) is 0 Å². The largest absolute Gasteiger partial charge is 0.457 e. The molecule has 4 aromatic rings. The second-order valence-corrected chi connectivity index (χ2v) is 5.90. The van der Waals surface area contributed by atoms with E-state index in [0.717, 1.165) is 18.2 Å². The number of rotatable bonds is 4. The Morgan fingerprint density at radius 3 is 2.44 bits per heavy atom. The van der Waals surface area contributed by atoms with Crippen LogP contribution in [0.15, 0.2) is 60.7 Å². The maximum absolute atomic E-state index is 13.4. The van der Waals surface area contributed by atoms with Crippen LogP contribution >= 0.6 is 0 Å². The lowest BCUT2D eigenvalue weighted by Gasteiger charge is -2.07. The lowest BCUT2D eigenvalue weighted by molar-refractivity contribution is 0.100. The van der Waals surface area contributed by atoms with Crippen molar-refractivity contribution in [3.8, 4) is 22.8 Å². The zero-order valence-electron chi connectivity index (χ0n) is 13.9. The summed E-state index contributed by atoms with van der Waals surface area (Å²) in [5, 5.41) is 7.84. The molecule has 5 nitrogen and oxygen atoms in total. The van der Waals surface area contributed by atoms with Gasteiger partial charge in [-0.3, -0.25) is 9.89 Å². The fraction of sp³-hybridized carbons (Fsp3) is 0. The smallest absolute Gasteiger partial charge is 0.249 e. The predicted octanol–water partition coefficient (Wildman–Crippen LogP) is 4.40. The molecule has 0 fully saturated rings. The predicted molar refractivity (Wildman–Crippen MR) is 96.5 cm³/mol. The molecule has 4 rings (SSSR count). The Morgan fingerprint density at radius 1 is 0.963 bits per heavy atom. The molecular formula is C20H13F2N3O2. The number of hydrogen-bond donors (Lipinski definition) is 2. The van der Waals surface area contributed by atoms with Gasteiger partial charge in [-0.15, -0.1) is 0 Å². The van der Waals surface area contributed by atoms with Gasteiger partial charge in [-0.2, -0.15) is 5.10 Å². The SMILES string of the molecule is NC(=O)c1ccccc1-c1n[nH]c2ccc(Oc3cc(F)cc(F)c3)cc12. The van der Waals surface area contributed by atoms with Crippen molar-refractivity contribution in [2.24, 2.45) is 5.73 Å². The van der Waals surface area contributed by atoms with Gasteiger partial charge in [0.15, 0.2) is 0 Å². The van der Waals surface area contributed by atoms with Crippen molar-refractivity contribution < 1.29 is 18.3 Å². The highest BCUT2D eigenvalue weighted by molar-refractivity contribution is 6.04. The minimum absolute atomic E-state index is 0.0365. The van der Waals surface area contributed by atoms with Crippen molar-refractivity contribution in [3.63, 3.8) is 0 Å². The quantitative estimate of drug-likeness (QED) is 0.562. The first-order chi connectivity index (χ1) is 13.0. The van der Waals surface area contributed by atoms with Crippen molar-refractivity contribution in [1.29, 1.82) is 0 Å². The van der Waals surface area contributed by atoms with Crippen LogP contribution in [0.25, 0.3) is 22.2 Å². The van der Waals surface area contributed by atoms with Crippen LogP contribution in [0.1, 0.15) is 10.4 Å². The summed E-state index contributed by atoms with van der Waals surface area (Å²) in [7, 11) is 0. The number of aromatic amines is 1. The van der Waals surface area contributed by atoms with Gasteiger partial charge in [-0.05, 0) is 24.3 Å².